The number of hydrogen-bond acceptors (Lipinski definition) is 5. The largest absolute Gasteiger partial charge is 0.378 e. The Hall–Kier alpha value is -1.83. The van der Waals surface area contributed by atoms with Gasteiger partial charge in [0.25, 0.3) is 0 Å². The van der Waals surface area contributed by atoms with E-state index in [-0.39, 0.29) is 11.9 Å². The molecule has 0 N–H and O–H groups in total. The number of hydrogen-bond donors (Lipinski definition) is 0. The van der Waals surface area contributed by atoms with Gasteiger partial charge in [0.1, 0.15) is 0 Å². The minimum Gasteiger partial charge on any atom is -0.378 e. The van der Waals surface area contributed by atoms with Crippen molar-refractivity contribution in [3.63, 3.8) is 0 Å². The number of aromatic nitrogens is 2. The summed E-state index contributed by atoms with van der Waals surface area (Å²) >= 11 is 1.93. The van der Waals surface area contributed by atoms with Crippen molar-refractivity contribution in [2.45, 2.75) is 19.0 Å². The molecule has 6 nitrogen and oxygen atoms in total. The van der Waals surface area contributed by atoms with Crippen molar-refractivity contribution in [3.8, 4) is 5.69 Å². The quantitative estimate of drug-likeness (QED) is 0.787. The number of carbonyl (C=O) groups is 1. The molecular formula is C20H26N4O2S. The maximum Gasteiger partial charge on any atom is 0.224 e. The first-order valence-corrected chi connectivity index (χ1v) is 10.7. The number of ether oxygens (including phenoxy) is 1. The van der Waals surface area contributed by atoms with Gasteiger partial charge in [-0.1, -0.05) is 12.1 Å². The van der Waals surface area contributed by atoms with E-state index in [2.05, 4.69) is 34.3 Å². The average Bonchev–Trinajstić information content (AvgIpc) is 3.25. The van der Waals surface area contributed by atoms with Crippen molar-refractivity contribution in [2.24, 2.45) is 0 Å². The minimum absolute atomic E-state index is 0.147. The van der Waals surface area contributed by atoms with Crippen LogP contribution in [0.1, 0.15) is 12.0 Å². The van der Waals surface area contributed by atoms with Crippen LogP contribution in [-0.2, 0) is 16.1 Å². The maximum absolute atomic E-state index is 12.7. The molecule has 7 heteroatoms. The van der Waals surface area contributed by atoms with Gasteiger partial charge >= 0.3 is 0 Å². The van der Waals surface area contributed by atoms with Gasteiger partial charge in [-0.15, -0.1) is 0 Å². The predicted octanol–water partition coefficient (Wildman–Crippen LogP) is 2.04. The number of benzene rings is 1. The van der Waals surface area contributed by atoms with Gasteiger partial charge in [-0.3, -0.25) is 9.69 Å². The highest BCUT2D eigenvalue weighted by Gasteiger charge is 2.28. The van der Waals surface area contributed by atoms with Crippen molar-refractivity contribution in [1.29, 1.82) is 0 Å². The van der Waals surface area contributed by atoms with Crippen LogP contribution in [0, 0.1) is 0 Å². The molecule has 27 heavy (non-hydrogen) atoms. The smallest absolute Gasteiger partial charge is 0.224 e. The summed E-state index contributed by atoms with van der Waals surface area (Å²) in [6.45, 7) is 4.80. The molecule has 144 valence electrons. The van der Waals surface area contributed by atoms with Gasteiger partial charge in [0, 0.05) is 62.5 Å². The molecule has 3 heterocycles. The number of rotatable bonds is 5. The first kappa shape index (κ1) is 18.5. The van der Waals surface area contributed by atoms with Gasteiger partial charge in [-0.25, -0.2) is 4.68 Å². The van der Waals surface area contributed by atoms with Gasteiger partial charge in [-0.05, 0) is 23.8 Å². The molecule has 0 radical (unpaired) electrons. The first-order valence-electron chi connectivity index (χ1n) is 9.56. The summed E-state index contributed by atoms with van der Waals surface area (Å²) in [5, 5.41) is 4.31. The molecule has 1 amide bonds. The summed E-state index contributed by atoms with van der Waals surface area (Å²) in [6, 6.07) is 10.5. The summed E-state index contributed by atoms with van der Waals surface area (Å²) in [6.07, 6.45) is 4.28. The van der Waals surface area contributed by atoms with Crippen LogP contribution in [0.2, 0.25) is 0 Å². The predicted molar refractivity (Wildman–Crippen MR) is 107 cm³/mol. The number of thioether (sulfide) groups is 1. The summed E-state index contributed by atoms with van der Waals surface area (Å²) in [5.74, 6) is 2.37. The summed E-state index contributed by atoms with van der Waals surface area (Å²) in [7, 11) is 0. The highest BCUT2D eigenvalue weighted by Crippen LogP contribution is 2.19. The van der Waals surface area contributed by atoms with E-state index in [1.54, 1.807) is 6.20 Å². The molecule has 2 aromatic rings. The zero-order chi connectivity index (χ0) is 18.5. The van der Waals surface area contributed by atoms with Crippen molar-refractivity contribution in [3.05, 3.63) is 48.3 Å². The van der Waals surface area contributed by atoms with E-state index in [9.17, 15) is 4.79 Å². The number of nitrogens with zero attached hydrogens (tertiary/aromatic N) is 4. The van der Waals surface area contributed by atoms with E-state index in [1.165, 1.54) is 5.56 Å². The molecule has 0 saturated carbocycles. The Kier molecular flexibility index (Phi) is 6.11. The Morgan fingerprint density at radius 3 is 2.93 bits per heavy atom. The molecular weight excluding hydrogens is 360 g/mol. The minimum atomic E-state index is 0.147. The normalized spacial score (nSPS) is 21.3. The Labute approximate surface area is 164 Å². The van der Waals surface area contributed by atoms with Crippen LogP contribution in [0.5, 0.6) is 0 Å². The van der Waals surface area contributed by atoms with E-state index >= 15 is 0 Å². The third-order valence-electron chi connectivity index (χ3n) is 5.19. The summed E-state index contributed by atoms with van der Waals surface area (Å²) in [4.78, 5) is 17.1. The topological polar surface area (TPSA) is 50.6 Å². The fraction of sp³-hybridized carbons (Fsp3) is 0.500. The fourth-order valence-corrected chi connectivity index (χ4v) is 4.59. The van der Waals surface area contributed by atoms with Gasteiger partial charge in [0.15, 0.2) is 0 Å². The molecule has 2 saturated heterocycles. The Morgan fingerprint density at radius 2 is 2.11 bits per heavy atom. The molecule has 2 fully saturated rings. The number of carbonyl (C=O) groups excluding carboxylic acids is 1. The lowest BCUT2D eigenvalue weighted by molar-refractivity contribution is -0.134. The lowest BCUT2D eigenvalue weighted by Gasteiger charge is -2.37. The summed E-state index contributed by atoms with van der Waals surface area (Å²) < 4.78 is 7.56. The van der Waals surface area contributed by atoms with Gasteiger partial charge in [0.2, 0.25) is 5.91 Å². The van der Waals surface area contributed by atoms with Crippen LogP contribution in [-0.4, -0.2) is 75.9 Å². The molecule has 4 rings (SSSR count). The summed E-state index contributed by atoms with van der Waals surface area (Å²) in [5.41, 5.74) is 2.29. The third-order valence-corrected chi connectivity index (χ3v) is 6.13. The molecule has 1 atom stereocenters. The molecule has 2 aliphatic heterocycles. The molecule has 2 aliphatic rings. The Morgan fingerprint density at radius 1 is 1.22 bits per heavy atom. The van der Waals surface area contributed by atoms with Crippen LogP contribution in [0.3, 0.4) is 0 Å². The zero-order valence-corrected chi connectivity index (χ0v) is 16.3. The van der Waals surface area contributed by atoms with Crippen LogP contribution >= 0.6 is 11.8 Å². The maximum atomic E-state index is 12.7. The fourth-order valence-electron chi connectivity index (χ4n) is 3.68. The second kappa shape index (κ2) is 8.91. The number of morpholine rings is 1. The standard InChI is InChI=1S/C20H26N4O2S/c25-20(22-8-11-27-12-9-22)14-19-16-26-10-7-23(19)15-17-3-1-4-18(13-17)24-6-2-5-21-24/h1-6,13,19H,7-12,14-16H2/t19-/m0/s1. The monoisotopic (exact) mass is 386 g/mol. The van der Waals surface area contributed by atoms with Crippen LogP contribution in [0.15, 0.2) is 42.7 Å². The van der Waals surface area contributed by atoms with Crippen molar-refractivity contribution < 1.29 is 9.53 Å². The van der Waals surface area contributed by atoms with E-state index in [1.807, 2.05) is 33.6 Å². The second-order valence-corrected chi connectivity index (χ2v) is 8.24. The highest BCUT2D eigenvalue weighted by atomic mass is 32.2. The average molecular weight is 387 g/mol. The Bertz CT molecular complexity index is 746. The molecule has 0 bridgehead atoms. The number of amides is 1. The van der Waals surface area contributed by atoms with E-state index in [0.717, 1.165) is 50.0 Å². The van der Waals surface area contributed by atoms with Crippen LogP contribution in [0.25, 0.3) is 5.69 Å². The SMILES string of the molecule is O=C(C[C@H]1COCCN1Cc1cccc(-n2cccn2)c1)N1CCSCC1. The molecule has 0 aliphatic carbocycles. The van der Waals surface area contributed by atoms with Crippen molar-refractivity contribution >= 4 is 17.7 Å². The van der Waals surface area contributed by atoms with E-state index in [4.69, 9.17) is 4.74 Å². The Balaban J connectivity index is 1.42. The van der Waals surface area contributed by atoms with Crippen LogP contribution in [0.4, 0.5) is 0 Å². The van der Waals surface area contributed by atoms with Crippen molar-refractivity contribution in [1.82, 2.24) is 19.6 Å². The molecule has 1 aromatic heterocycles. The van der Waals surface area contributed by atoms with E-state index in [0.29, 0.717) is 13.0 Å². The molecule has 0 unspecified atom stereocenters. The van der Waals surface area contributed by atoms with E-state index < -0.39 is 0 Å². The first-order chi connectivity index (χ1) is 13.3. The second-order valence-electron chi connectivity index (χ2n) is 7.02. The lowest BCUT2D eigenvalue weighted by atomic mass is 10.1. The molecule has 0 spiro atoms. The highest BCUT2D eigenvalue weighted by molar-refractivity contribution is 7.99. The lowest BCUT2D eigenvalue weighted by Crippen LogP contribution is -2.48. The van der Waals surface area contributed by atoms with Crippen molar-refractivity contribution in [2.75, 3.05) is 44.4 Å². The van der Waals surface area contributed by atoms with Crippen LogP contribution < -0.4 is 0 Å². The van der Waals surface area contributed by atoms with Gasteiger partial charge < -0.3 is 9.64 Å². The van der Waals surface area contributed by atoms with Gasteiger partial charge in [-0.2, -0.15) is 16.9 Å². The van der Waals surface area contributed by atoms with Gasteiger partial charge in [0.05, 0.1) is 18.9 Å². The third kappa shape index (κ3) is 4.72. The zero-order valence-electron chi connectivity index (χ0n) is 15.5. The molecule has 1 aromatic carbocycles.